The van der Waals surface area contributed by atoms with Gasteiger partial charge in [0.25, 0.3) is 5.69 Å². The van der Waals surface area contributed by atoms with Gasteiger partial charge in [-0.1, -0.05) is 70.0 Å². The van der Waals surface area contributed by atoms with Crippen LogP contribution in [0.2, 0.25) is 0 Å². The molecular formula is C41H46N3O2S+. The SMILES string of the molecule is CCCCCC[N+]1=C(/C=C/C=C/C=C2/N(CC)c3ccc([N+](=O)[O-])cc3C2(C)C)C(C)(C)c2cc(-c3cc4ccccc4s3)ccc21. The Morgan fingerprint density at radius 2 is 1.68 bits per heavy atom. The highest BCUT2D eigenvalue weighted by Gasteiger charge is 2.44. The van der Waals surface area contributed by atoms with Crippen LogP contribution >= 0.6 is 11.3 Å². The van der Waals surface area contributed by atoms with Crippen molar-refractivity contribution in [2.45, 2.75) is 78.1 Å². The van der Waals surface area contributed by atoms with E-state index in [2.05, 4.69) is 130 Å². The predicted octanol–water partition coefficient (Wildman–Crippen LogP) is 11.2. The molecule has 2 aliphatic rings. The summed E-state index contributed by atoms with van der Waals surface area (Å²) in [5.41, 5.74) is 8.17. The lowest BCUT2D eigenvalue weighted by atomic mass is 9.80. The van der Waals surface area contributed by atoms with E-state index in [1.165, 1.54) is 63.2 Å². The first kappa shape index (κ1) is 32.6. The molecule has 0 atom stereocenters. The summed E-state index contributed by atoms with van der Waals surface area (Å²) < 4.78 is 3.87. The Balaban J connectivity index is 1.30. The number of hydrogen-bond acceptors (Lipinski definition) is 4. The highest BCUT2D eigenvalue weighted by molar-refractivity contribution is 7.22. The van der Waals surface area contributed by atoms with Gasteiger partial charge in [0, 0.05) is 69.2 Å². The lowest BCUT2D eigenvalue weighted by Gasteiger charge is -2.25. The van der Waals surface area contributed by atoms with Crippen LogP contribution < -0.4 is 4.90 Å². The number of nitro groups is 1. The molecular weight excluding hydrogens is 599 g/mol. The molecule has 47 heavy (non-hydrogen) atoms. The molecule has 0 saturated carbocycles. The molecule has 0 unspecified atom stereocenters. The molecule has 0 saturated heterocycles. The van der Waals surface area contributed by atoms with Crippen molar-refractivity contribution < 1.29 is 9.50 Å². The molecule has 6 rings (SSSR count). The van der Waals surface area contributed by atoms with Gasteiger partial charge < -0.3 is 4.90 Å². The Morgan fingerprint density at radius 1 is 0.872 bits per heavy atom. The number of nitro benzene ring substituents is 1. The fraction of sp³-hybridized carbons (Fsp3) is 0.341. The standard InChI is InChI=1S/C41H46N3O2S/c1-7-9-10-16-25-43-35-23-21-30(37-27-29-17-14-15-18-36(29)47-37)26-32(35)40(3,4)39(43)20-13-11-12-19-38-41(5,6)33-28-31(44(45)46)22-24-34(33)42(38)8-2/h11-15,17-24,26-28H,7-10,16,25H2,1-6H3/q+1. The first-order chi connectivity index (χ1) is 22.6. The molecule has 1 aromatic heterocycles. The molecule has 5 nitrogen and oxygen atoms in total. The zero-order chi connectivity index (χ0) is 33.3. The van der Waals surface area contributed by atoms with E-state index in [1.807, 2.05) is 17.4 Å². The lowest BCUT2D eigenvalue weighted by molar-refractivity contribution is -0.438. The number of unbranched alkanes of at least 4 members (excludes halogenated alkanes) is 3. The van der Waals surface area contributed by atoms with Crippen LogP contribution in [0.3, 0.4) is 0 Å². The Bertz CT molecular complexity index is 1920. The molecule has 0 spiro atoms. The Kier molecular flexibility index (Phi) is 9.08. The van der Waals surface area contributed by atoms with Crippen LogP contribution in [0.5, 0.6) is 0 Å². The van der Waals surface area contributed by atoms with Crippen LogP contribution in [-0.4, -0.2) is 28.3 Å². The summed E-state index contributed by atoms with van der Waals surface area (Å²) in [4.78, 5) is 14.8. The summed E-state index contributed by atoms with van der Waals surface area (Å²) in [6.07, 6.45) is 15.8. The van der Waals surface area contributed by atoms with Crippen molar-refractivity contribution in [3.8, 4) is 10.4 Å². The van der Waals surface area contributed by atoms with Crippen LogP contribution in [0, 0.1) is 10.1 Å². The molecule has 0 N–H and O–H groups in total. The van der Waals surface area contributed by atoms with Gasteiger partial charge in [-0.2, -0.15) is 4.58 Å². The average molecular weight is 645 g/mol. The molecule has 2 aliphatic heterocycles. The molecule has 242 valence electrons. The van der Waals surface area contributed by atoms with Gasteiger partial charge in [0.1, 0.15) is 6.54 Å². The number of anilines is 1. The topological polar surface area (TPSA) is 49.4 Å². The molecule has 0 amide bonds. The average Bonchev–Trinajstić information content (AvgIpc) is 3.65. The summed E-state index contributed by atoms with van der Waals surface area (Å²) in [5, 5.41) is 12.8. The number of non-ortho nitro benzene ring substituents is 1. The van der Waals surface area contributed by atoms with Crippen molar-refractivity contribution in [2.24, 2.45) is 0 Å². The first-order valence-corrected chi connectivity index (χ1v) is 17.8. The summed E-state index contributed by atoms with van der Waals surface area (Å²) in [7, 11) is 0. The van der Waals surface area contributed by atoms with E-state index in [0.29, 0.717) is 0 Å². The minimum Gasteiger partial charge on any atom is -0.344 e. The lowest BCUT2D eigenvalue weighted by Crippen LogP contribution is -2.28. The van der Waals surface area contributed by atoms with E-state index in [1.54, 1.807) is 12.1 Å². The van der Waals surface area contributed by atoms with Gasteiger partial charge in [-0.3, -0.25) is 10.1 Å². The van der Waals surface area contributed by atoms with Gasteiger partial charge in [-0.15, -0.1) is 11.3 Å². The molecule has 6 heteroatoms. The number of rotatable bonds is 11. The number of thiophene rings is 1. The second kappa shape index (κ2) is 13.1. The second-order valence-electron chi connectivity index (χ2n) is 13.7. The van der Waals surface area contributed by atoms with E-state index in [9.17, 15) is 10.1 Å². The van der Waals surface area contributed by atoms with Crippen LogP contribution in [-0.2, 0) is 10.8 Å². The normalized spacial score (nSPS) is 17.5. The molecule has 3 heterocycles. The van der Waals surface area contributed by atoms with Crippen LogP contribution in [0.25, 0.3) is 20.5 Å². The van der Waals surface area contributed by atoms with Crippen LogP contribution in [0.15, 0.2) is 103 Å². The third-order valence-electron chi connectivity index (χ3n) is 9.97. The fourth-order valence-electron chi connectivity index (χ4n) is 7.37. The van der Waals surface area contributed by atoms with Gasteiger partial charge in [0.2, 0.25) is 5.69 Å². The number of benzene rings is 3. The second-order valence-corrected chi connectivity index (χ2v) is 14.8. The summed E-state index contributed by atoms with van der Waals surface area (Å²) in [6, 6.07) is 23.2. The third kappa shape index (κ3) is 6.00. The first-order valence-electron chi connectivity index (χ1n) is 17.0. The third-order valence-corrected chi connectivity index (χ3v) is 11.1. The molecule has 4 aromatic rings. The van der Waals surface area contributed by atoms with Gasteiger partial charge in [-0.25, -0.2) is 0 Å². The van der Waals surface area contributed by atoms with Gasteiger partial charge in [-0.05, 0) is 80.1 Å². The van der Waals surface area contributed by atoms with Crippen molar-refractivity contribution in [1.29, 1.82) is 0 Å². The van der Waals surface area contributed by atoms with Crippen molar-refractivity contribution in [3.63, 3.8) is 0 Å². The Hall–Kier alpha value is -4.29. The van der Waals surface area contributed by atoms with Gasteiger partial charge in [0.15, 0.2) is 5.71 Å². The molecule has 0 radical (unpaired) electrons. The molecule has 0 aliphatic carbocycles. The molecule has 3 aromatic carbocycles. The van der Waals surface area contributed by atoms with Crippen LogP contribution in [0.4, 0.5) is 17.1 Å². The zero-order valence-corrected chi connectivity index (χ0v) is 29.4. The maximum atomic E-state index is 11.5. The van der Waals surface area contributed by atoms with Crippen molar-refractivity contribution in [3.05, 3.63) is 124 Å². The number of likely N-dealkylation sites (N-methyl/N-ethyl adjacent to an activating group) is 1. The quantitative estimate of drug-likeness (QED) is 0.0537. The van der Waals surface area contributed by atoms with E-state index >= 15 is 0 Å². The van der Waals surface area contributed by atoms with E-state index in [-0.39, 0.29) is 21.4 Å². The van der Waals surface area contributed by atoms with Crippen molar-refractivity contribution >= 4 is 44.2 Å². The Labute approximate surface area is 283 Å². The molecule has 0 fully saturated rings. The number of fused-ring (bicyclic) bond motifs is 3. The van der Waals surface area contributed by atoms with Crippen molar-refractivity contribution in [1.82, 2.24) is 0 Å². The van der Waals surface area contributed by atoms with Gasteiger partial charge >= 0.3 is 0 Å². The smallest absolute Gasteiger partial charge is 0.269 e. The number of hydrogen-bond donors (Lipinski definition) is 0. The van der Waals surface area contributed by atoms with Crippen LogP contribution in [0.1, 0.15) is 78.4 Å². The minimum absolute atomic E-state index is 0.139. The van der Waals surface area contributed by atoms with E-state index in [4.69, 9.17) is 0 Å². The monoisotopic (exact) mass is 644 g/mol. The Morgan fingerprint density at radius 3 is 2.43 bits per heavy atom. The van der Waals surface area contributed by atoms with E-state index in [0.717, 1.165) is 30.0 Å². The number of nitrogens with zero attached hydrogens (tertiary/aromatic N) is 3. The summed E-state index contributed by atoms with van der Waals surface area (Å²) in [6.45, 7) is 15.2. The number of allylic oxidation sites excluding steroid dienone is 6. The maximum Gasteiger partial charge on any atom is 0.269 e. The summed E-state index contributed by atoms with van der Waals surface area (Å²) in [5.74, 6) is 0. The zero-order valence-electron chi connectivity index (χ0n) is 28.5. The van der Waals surface area contributed by atoms with Gasteiger partial charge in [0.05, 0.1) is 10.3 Å². The fourth-order valence-corrected chi connectivity index (χ4v) is 8.42. The highest BCUT2D eigenvalue weighted by atomic mass is 32.1. The molecule has 0 bridgehead atoms. The minimum atomic E-state index is -0.337. The summed E-state index contributed by atoms with van der Waals surface area (Å²) >= 11 is 1.86. The largest absolute Gasteiger partial charge is 0.344 e. The highest BCUT2D eigenvalue weighted by Crippen LogP contribution is 2.49. The van der Waals surface area contributed by atoms with E-state index < -0.39 is 0 Å². The maximum absolute atomic E-state index is 11.5. The predicted molar refractivity (Wildman–Crippen MR) is 200 cm³/mol. The van der Waals surface area contributed by atoms with Crippen molar-refractivity contribution in [2.75, 3.05) is 18.0 Å².